The van der Waals surface area contributed by atoms with Crippen LogP contribution in [0.15, 0.2) is 35.4 Å². The fraction of sp³-hybridized carbons (Fsp3) is 0.308. The molecule has 0 radical (unpaired) electrons. The molecule has 2 aromatic rings. The first-order chi connectivity index (χ1) is 8.68. The molecule has 2 N–H and O–H groups in total. The summed E-state index contributed by atoms with van der Waals surface area (Å²) in [5.74, 6) is 1.31. The minimum atomic E-state index is -0.110. The monoisotopic (exact) mass is 279 g/mol. The molecule has 1 aliphatic rings. The van der Waals surface area contributed by atoms with E-state index in [4.69, 9.17) is 17.3 Å². The van der Waals surface area contributed by atoms with Gasteiger partial charge in [-0.2, -0.15) is 5.10 Å². The number of nitrogens with zero attached hydrogens (tertiary/aromatic N) is 2. The van der Waals surface area contributed by atoms with E-state index in [1.54, 1.807) is 10.9 Å². The Kier molecular flexibility index (Phi) is 3.09. The number of aryl methyl sites for hydroxylation is 1. The minimum Gasteiger partial charge on any atom is -0.322 e. The standard InChI is InChI=1S/C13H14ClN3S/c1-17-13(10(14)6-16-17)12(15)9-7-18-11-5-3-2-4-8(9)11/h2-6,9,12H,7,15H2,1H3. The zero-order valence-electron chi connectivity index (χ0n) is 10.0. The van der Waals surface area contributed by atoms with Gasteiger partial charge in [-0.25, -0.2) is 0 Å². The lowest BCUT2D eigenvalue weighted by Crippen LogP contribution is -2.22. The van der Waals surface area contributed by atoms with Crippen molar-refractivity contribution in [2.45, 2.75) is 16.9 Å². The molecule has 2 unspecified atom stereocenters. The van der Waals surface area contributed by atoms with Crippen molar-refractivity contribution in [1.82, 2.24) is 9.78 Å². The Morgan fingerprint density at radius 1 is 1.50 bits per heavy atom. The normalized spacial score (nSPS) is 19.8. The number of benzene rings is 1. The summed E-state index contributed by atoms with van der Waals surface area (Å²) in [5.41, 5.74) is 8.64. The van der Waals surface area contributed by atoms with E-state index < -0.39 is 0 Å². The third-order valence-corrected chi connectivity index (χ3v) is 4.92. The van der Waals surface area contributed by atoms with E-state index >= 15 is 0 Å². The summed E-state index contributed by atoms with van der Waals surface area (Å²) in [6.07, 6.45) is 1.66. The van der Waals surface area contributed by atoms with Gasteiger partial charge in [0.15, 0.2) is 0 Å². The van der Waals surface area contributed by atoms with Crippen molar-refractivity contribution in [1.29, 1.82) is 0 Å². The Balaban J connectivity index is 1.98. The van der Waals surface area contributed by atoms with Crippen LogP contribution in [0.2, 0.25) is 5.02 Å². The molecule has 0 saturated carbocycles. The molecule has 1 aromatic heterocycles. The fourth-order valence-corrected chi connectivity index (χ4v) is 4.07. The van der Waals surface area contributed by atoms with Gasteiger partial charge in [-0.1, -0.05) is 29.8 Å². The summed E-state index contributed by atoms with van der Waals surface area (Å²) in [6, 6.07) is 8.33. The van der Waals surface area contributed by atoms with Crippen molar-refractivity contribution in [2.75, 3.05) is 5.75 Å². The number of hydrogen-bond acceptors (Lipinski definition) is 3. The van der Waals surface area contributed by atoms with Gasteiger partial charge in [0.25, 0.3) is 0 Å². The smallest absolute Gasteiger partial charge is 0.0834 e. The lowest BCUT2D eigenvalue weighted by molar-refractivity contribution is 0.551. The first kappa shape index (κ1) is 12.1. The summed E-state index contributed by atoms with van der Waals surface area (Å²) in [5, 5.41) is 4.81. The molecule has 1 aromatic carbocycles. The molecule has 3 nitrogen and oxygen atoms in total. The molecule has 1 aliphatic heterocycles. The lowest BCUT2D eigenvalue weighted by Gasteiger charge is -2.20. The lowest BCUT2D eigenvalue weighted by atomic mass is 9.92. The van der Waals surface area contributed by atoms with Crippen LogP contribution >= 0.6 is 23.4 Å². The van der Waals surface area contributed by atoms with Gasteiger partial charge in [0.1, 0.15) is 0 Å². The van der Waals surface area contributed by atoms with Gasteiger partial charge in [-0.05, 0) is 11.6 Å². The van der Waals surface area contributed by atoms with Crippen LogP contribution in [0.25, 0.3) is 0 Å². The van der Waals surface area contributed by atoms with Gasteiger partial charge >= 0.3 is 0 Å². The van der Waals surface area contributed by atoms with Crippen LogP contribution in [0.1, 0.15) is 23.2 Å². The molecule has 2 atom stereocenters. The number of fused-ring (bicyclic) bond motifs is 1. The van der Waals surface area contributed by atoms with Crippen LogP contribution in [-0.2, 0) is 7.05 Å². The summed E-state index contributed by atoms with van der Waals surface area (Å²) in [7, 11) is 1.88. The van der Waals surface area contributed by atoms with Crippen LogP contribution in [0.5, 0.6) is 0 Å². The average molecular weight is 280 g/mol. The SMILES string of the molecule is Cn1ncc(Cl)c1C(N)C1CSc2ccccc21. The van der Waals surface area contributed by atoms with E-state index in [-0.39, 0.29) is 6.04 Å². The van der Waals surface area contributed by atoms with Crippen molar-refractivity contribution >= 4 is 23.4 Å². The van der Waals surface area contributed by atoms with Crippen LogP contribution < -0.4 is 5.73 Å². The third kappa shape index (κ3) is 1.85. The highest BCUT2D eigenvalue weighted by atomic mass is 35.5. The number of thioether (sulfide) groups is 1. The fourth-order valence-electron chi connectivity index (χ4n) is 2.47. The molecule has 18 heavy (non-hydrogen) atoms. The summed E-state index contributed by atoms with van der Waals surface area (Å²) in [4.78, 5) is 1.33. The van der Waals surface area contributed by atoms with Crippen molar-refractivity contribution in [3.63, 3.8) is 0 Å². The van der Waals surface area contributed by atoms with E-state index in [0.717, 1.165) is 11.4 Å². The second-order valence-electron chi connectivity index (χ2n) is 4.48. The first-order valence-corrected chi connectivity index (χ1v) is 7.19. The molecule has 0 aliphatic carbocycles. The Bertz CT molecular complexity index is 562. The maximum atomic E-state index is 6.40. The maximum Gasteiger partial charge on any atom is 0.0834 e. The summed E-state index contributed by atoms with van der Waals surface area (Å²) < 4.78 is 1.78. The molecule has 94 valence electrons. The number of nitrogens with two attached hydrogens (primary N) is 1. The zero-order chi connectivity index (χ0) is 12.7. The van der Waals surface area contributed by atoms with Crippen LogP contribution in [0.3, 0.4) is 0 Å². The minimum absolute atomic E-state index is 0.110. The number of halogens is 1. The number of rotatable bonds is 2. The Morgan fingerprint density at radius 2 is 2.28 bits per heavy atom. The van der Waals surface area contributed by atoms with Gasteiger partial charge < -0.3 is 5.73 Å². The molecule has 0 amide bonds. The quantitative estimate of drug-likeness (QED) is 0.919. The van der Waals surface area contributed by atoms with Gasteiger partial charge in [-0.3, -0.25) is 4.68 Å². The van der Waals surface area contributed by atoms with Gasteiger partial charge in [0.2, 0.25) is 0 Å². The van der Waals surface area contributed by atoms with Crippen LogP contribution in [-0.4, -0.2) is 15.5 Å². The highest BCUT2D eigenvalue weighted by Gasteiger charge is 2.31. The zero-order valence-corrected chi connectivity index (χ0v) is 11.6. The molecule has 5 heteroatoms. The molecular formula is C13H14ClN3S. The van der Waals surface area contributed by atoms with Gasteiger partial charge in [-0.15, -0.1) is 11.8 Å². The molecule has 0 spiro atoms. The van der Waals surface area contributed by atoms with Crippen LogP contribution in [0, 0.1) is 0 Å². The van der Waals surface area contributed by atoms with Crippen LogP contribution in [0.4, 0.5) is 0 Å². The molecule has 0 saturated heterocycles. The summed E-state index contributed by atoms with van der Waals surface area (Å²) >= 11 is 8.04. The van der Waals surface area contributed by atoms with E-state index in [1.807, 2.05) is 18.8 Å². The van der Waals surface area contributed by atoms with Crippen molar-refractivity contribution in [3.8, 4) is 0 Å². The Hall–Kier alpha value is -0.970. The number of aromatic nitrogens is 2. The highest BCUT2D eigenvalue weighted by molar-refractivity contribution is 7.99. The van der Waals surface area contributed by atoms with E-state index in [9.17, 15) is 0 Å². The second-order valence-corrected chi connectivity index (χ2v) is 5.95. The molecule has 2 heterocycles. The molecule has 0 fully saturated rings. The first-order valence-electron chi connectivity index (χ1n) is 5.83. The Labute approximate surface area is 115 Å². The topological polar surface area (TPSA) is 43.8 Å². The van der Waals surface area contributed by atoms with Crippen molar-refractivity contribution in [2.24, 2.45) is 12.8 Å². The summed E-state index contributed by atoms with van der Waals surface area (Å²) in [6.45, 7) is 0. The largest absolute Gasteiger partial charge is 0.322 e. The predicted molar refractivity (Wildman–Crippen MR) is 75.1 cm³/mol. The molecular weight excluding hydrogens is 266 g/mol. The van der Waals surface area contributed by atoms with Gasteiger partial charge in [0, 0.05) is 23.6 Å². The van der Waals surface area contributed by atoms with Gasteiger partial charge in [0.05, 0.1) is 23.0 Å². The molecule has 3 rings (SSSR count). The maximum absolute atomic E-state index is 6.40. The van der Waals surface area contributed by atoms with E-state index in [0.29, 0.717) is 10.9 Å². The third-order valence-electron chi connectivity index (χ3n) is 3.42. The predicted octanol–water partition coefficient (Wildman–Crippen LogP) is 2.96. The second kappa shape index (κ2) is 4.61. The highest BCUT2D eigenvalue weighted by Crippen LogP contribution is 2.45. The average Bonchev–Trinajstić information content (AvgIpc) is 2.93. The van der Waals surface area contributed by atoms with E-state index in [2.05, 4.69) is 29.4 Å². The number of hydrogen-bond donors (Lipinski definition) is 1. The molecule has 0 bridgehead atoms. The van der Waals surface area contributed by atoms with Crippen molar-refractivity contribution in [3.05, 3.63) is 46.7 Å². The van der Waals surface area contributed by atoms with E-state index in [1.165, 1.54) is 10.5 Å². The van der Waals surface area contributed by atoms with Crippen molar-refractivity contribution < 1.29 is 0 Å². The Morgan fingerprint density at radius 3 is 3.00 bits per heavy atom.